The van der Waals surface area contributed by atoms with E-state index in [1.54, 1.807) is 17.4 Å². The number of hydrogen-bond acceptors (Lipinski definition) is 5. The average Bonchev–Trinajstić information content (AvgIpc) is 3.25. The molecule has 2 aromatic rings. The number of hydrogen-bond donors (Lipinski definition) is 1. The van der Waals surface area contributed by atoms with Crippen molar-refractivity contribution >= 4 is 22.9 Å². The second-order valence-corrected chi connectivity index (χ2v) is 9.41. The van der Waals surface area contributed by atoms with Gasteiger partial charge in [0.1, 0.15) is 0 Å². The Balaban J connectivity index is 1.12. The molecule has 2 aliphatic rings. The maximum Gasteiger partial charge on any atom is 0.416 e. The Kier molecular flexibility index (Phi) is 7.37. The molecule has 0 atom stereocenters. The van der Waals surface area contributed by atoms with Crippen LogP contribution in [-0.2, 0) is 23.9 Å². The maximum atomic E-state index is 12.9. The molecule has 1 saturated heterocycles. The maximum absolute atomic E-state index is 12.9. The highest BCUT2D eigenvalue weighted by atomic mass is 32.1. The number of fused-ring (bicyclic) bond motifs is 1. The first-order valence-electron chi connectivity index (χ1n) is 11.1. The van der Waals surface area contributed by atoms with Crippen molar-refractivity contribution < 1.29 is 18.0 Å². The van der Waals surface area contributed by atoms with Gasteiger partial charge in [-0.15, -0.1) is 11.3 Å². The van der Waals surface area contributed by atoms with Gasteiger partial charge in [-0.1, -0.05) is 6.07 Å². The fourth-order valence-corrected chi connectivity index (χ4v) is 5.23. The van der Waals surface area contributed by atoms with E-state index < -0.39 is 11.7 Å². The van der Waals surface area contributed by atoms with Crippen molar-refractivity contribution in [1.29, 1.82) is 0 Å². The molecule has 1 aromatic carbocycles. The highest BCUT2D eigenvalue weighted by molar-refractivity contribution is 7.10. The normalized spacial score (nSPS) is 17.9. The van der Waals surface area contributed by atoms with Crippen LogP contribution in [0.25, 0.3) is 0 Å². The van der Waals surface area contributed by atoms with Gasteiger partial charge in [-0.3, -0.25) is 14.6 Å². The Hall–Kier alpha value is -2.10. The minimum Gasteiger partial charge on any atom is -0.369 e. The van der Waals surface area contributed by atoms with Crippen LogP contribution < -0.4 is 10.2 Å². The van der Waals surface area contributed by atoms with Crippen LogP contribution in [0.4, 0.5) is 18.9 Å². The molecule has 5 nitrogen and oxygen atoms in total. The second-order valence-electron chi connectivity index (χ2n) is 8.41. The van der Waals surface area contributed by atoms with Crippen molar-refractivity contribution in [2.75, 3.05) is 57.3 Å². The summed E-state index contributed by atoms with van der Waals surface area (Å²) >= 11 is 1.80. The minimum atomic E-state index is -4.32. The molecule has 1 N–H and O–H groups in total. The lowest BCUT2D eigenvalue weighted by Crippen LogP contribution is -2.47. The lowest BCUT2D eigenvalue weighted by atomic mass is 10.1. The Morgan fingerprint density at radius 3 is 2.66 bits per heavy atom. The Morgan fingerprint density at radius 2 is 1.88 bits per heavy atom. The molecule has 0 unspecified atom stereocenters. The smallest absolute Gasteiger partial charge is 0.369 e. The number of alkyl halides is 3. The lowest BCUT2D eigenvalue weighted by Gasteiger charge is -2.36. The van der Waals surface area contributed by atoms with Crippen LogP contribution in [0, 0.1) is 0 Å². The van der Waals surface area contributed by atoms with Crippen molar-refractivity contribution in [1.82, 2.24) is 15.1 Å². The molecule has 1 amide bonds. The van der Waals surface area contributed by atoms with Crippen molar-refractivity contribution in [2.45, 2.75) is 25.6 Å². The van der Waals surface area contributed by atoms with Gasteiger partial charge in [0.2, 0.25) is 5.91 Å². The number of piperazine rings is 1. The standard InChI is InChI=1S/C23H29F3N4OS/c24-23(25,26)19-3-1-4-20(15-19)30-12-10-28(11-13-30)8-2-7-27-22(31)17-29-9-5-21-18(16-29)6-14-32-21/h1,3-4,6,14-15H,2,5,7-13,16-17H2,(H,27,31). The molecular formula is C23H29F3N4OS. The van der Waals surface area contributed by atoms with E-state index in [1.165, 1.54) is 22.6 Å². The number of nitrogens with zero attached hydrogens (tertiary/aromatic N) is 3. The van der Waals surface area contributed by atoms with Crippen LogP contribution in [0.2, 0.25) is 0 Å². The summed E-state index contributed by atoms with van der Waals surface area (Å²) in [6.45, 7) is 6.75. The Morgan fingerprint density at radius 1 is 1.06 bits per heavy atom. The van der Waals surface area contributed by atoms with Crippen LogP contribution >= 0.6 is 11.3 Å². The zero-order chi connectivity index (χ0) is 22.6. The van der Waals surface area contributed by atoms with Gasteiger partial charge in [0, 0.05) is 56.4 Å². The van der Waals surface area contributed by atoms with Crippen molar-refractivity contribution in [3.63, 3.8) is 0 Å². The zero-order valence-electron chi connectivity index (χ0n) is 18.0. The van der Waals surface area contributed by atoms with Gasteiger partial charge < -0.3 is 10.2 Å². The van der Waals surface area contributed by atoms with Crippen molar-refractivity contribution in [2.24, 2.45) is 0 Å². The molecular weight excluding hydrogens is 437 g/mol. The first-order chi connectivity index (χ1) is 15.4. The predicted molar refractivity (Wildman–Crippen MR) is 121 cm³/mol. The molecule has 4 rings (SSSR count). The lowest BCUT2D eigenvalue weighted by molar-refractivity contribution is -0.137. The van der Waals surface area contributed by atoms with E-state index in [2.05, 4.69) is 26.6 Å². The number of amides is 1. The van der Waals surface area contributed by atoms with Gasteiger partial charge in [-0.05, 0) is 54.6 Å². The number of anilines is 1. The van der Waals surface area contributed by atoms with E-state index in [0.29, 0.717) is 31.9 Å². The van der Waals surface area contributed by atoms with E-state index in [4.69, 9.17) is 0 Å². The quantitative estimate of drug-likeness (QED) is 0.635. The summed E-state index contributed by atoms with van der Waals surface area (Å²) in [6.07, 6.45) is -2.43. The van der Waals surface area contributed by atoms with E-state index in [1.807, 2.05) is 4.90 Å². The first kappa shape index (κ1) is 23.1. The third-order valence-electron chi connectivity index (χ3n) is 6.14. The predicted octanol–water partition coefficient (Wildman–Crippen LogP) is 3.45. The van der Waals surface area contributed by atoms with E-state index in [9.17, 15) is 18.0 Å². The fraction of sp³-hybridized carbons (Fsp3) is 0.522. The van der Waals surface area contributed by atoms with Gasteiger partial charge in [-0.25, -0.2) is 0 Å². The van der Waals surface area contributed by atoms with Crippen molar-refractivity contribution in [3.05, 3.63) is 51.7 Å². The number of carbonyl (C=O) groups excluding carboxylic acids is 1. The van der Waals surface area contributed by atoms with Gasteiger partial charge in [0.05, 0.1) is 12.1 Å². The highest BCUT2D eigenvalue weighted by Crippen LogP contribution is 2.32. The molecule has 32 heavy (non-hydrogen) atoms. The molecule has 174 valence electrons. The summed E-state index contributed by atoms with van der Waals surface area (Å²) in [5.74, 6) is 0.0676. The molecule has 1 aromatic heterocycles. The van der Waals surface area contributed by atoms with Gasteiger partial charge >= 0.3 is 6.18 Å². The molecule has 9 heteroatoms. The number of halogens is 3. The SMILES string of the molecule is O=C(CN1CCc2sccc2C1)NCCCN1CCN(c2cccc(C(F)(F)F)c2)CC1. The summed E-state index contributed by atoms with van der Waals surface area (Å²) < 4.78 is 38.8. The van der Waals surface area contributed by atoms with Crippen molar-refractivity contribution in [3.8, 4) is 0 Å². The first-order valence-corrected chi connectivity index (χ1v) is 12.0. The number of rotatable bonds is 7. The van der Waals surface area contributed by atoms with Crippen LogP contribution in [-0.4, -0.2) is 68.1 Å². The number of carbonyl (C=O) groups is 1. The molecule has 0 aliphatic carbocycles. The molecule has 0 saturated carbocycles. The Bertz CT molecular complexity index is 909. The number of nitrogens with one attached hydrogen (secondary N) is 1. The minimum absolute atomic E-state index is 0.0676. The van der Waals surface area contributed by atoms with Crippen LogP contribution in [0.5, 0.6) is 0 Å². The summed E-state index contributed by atoms with van der Waals surface area (Å²) in [6, 6.07) is 7.70. The topological polar surface area (TPSA) is 38.8 Å². The summed E-state index contributed by atoms with van der Waals surface area (Å²) in [5.41, 5.74) is 1.37. The van der Waals surface area contributed by atoms with Crippen LogP contribution in [0.3, 0.4) is 0 Å². The molecule has 2 aliphatic heterocycles. The van der Waals surface area contributed by atoms with Gasteiger partial charge in [-0.2, -0.15) is 13.2 Å². The fourth-order valence-electron chi connectivity index (χ4n) is 4.34. The van der Waals surface area contributed by atoms with E-state index >= 15 is 0 Å². The Labute approximate surface area is 190 Å². The summed E-state index contributed by atoms with van der Waals surface area (Å²) in [5, 5.41) is 5.14. The monoisotopic (exact) mass is 466 g/mol. The van der Waals surface area contributed by atoms with E-state index in [-0.39, 0.29) is 5.91 Å². The average molecular weight is 467 g/mol. The highest BCUT2D eigenvalue weighted by Gasteiger charge is 2.31. The second kappa shape index (κ2) is 10.2. The molecule has 0 radical (unpaired) electrons. The largest absolute Gasteiger partial charge is 0.416 e. The summed E-state index contributed by atoms with van der Waals surface area (Å²) in [7, 11) is 0. The third-order valence-corrected chi connectivity index (χ3v) is 7.16. The third kappa shape index (κ3) is 6.02. The van der Waals surface area contributed by atoms with Crippen LogP contribution in [0.1, 0.15) is 22.4 Å². The van der Waals surface area contributed by atoms with E-state index in [0.717, 1.165) is 51.6 Å². The van der Waals surface area contributed by atoms with Gasteiger partial charge in [0.25, 0.3) is 0 Å². The number of benzene rings is 1. The summed E-state index contributed by atoms with van der Waals surface area (Å²) in [4.78, 5) is 20.2. The van der Waals surface area contributed by atoms with Gasteiger partial charge in [0.15, 0.2) is 0 Å². The number of thiophene rings is 1. The molecule has 0 spiro atoms. The molecule has 0 bridgehead atoms. The van der Waals surface area contributed by atoms with Crippen LogP contribution in [0.15, 0.2) is 35.7 Å². The zero-order valence-corrected chi connectivity index (χ0v) is 18.9. The molecule has 3 heterocycles. The molecule has 1 fully saturated rings.